The van der Waals surface area contributed by atoms with E-state index in [4.69, 9.17) is 4.74 Å². The summed E-state index contributed by atoms with van der Waals surface area (Å²) in [7, 11) is 1.57. The second-order valence-corrected chi connectivity index (χ2v) is 8.99. The number of carbonyl (C=O) groups excluding carboxylic acids is 1. The molecule has 0 spiro atoms. The first-order valence-corrected chi connectivity index (χ1v) is 12.0. The van der Waals surface area contributed by atoms with Crippen LogP contribution in [0, 0.1) is 11.7 Å². The number of methoxy groups -OCH3 is 1. The van der Waals surface area contributed by atoms with Crippen LogP contribution in [0.3, 0.4) is 0 Å². The fourth-order valence-electron chi connectivity index (χ4n) is 4.56. The van der Waals surface area contributed by atoms with Crippen LogP contribution in [0.25, 0.3) is 0 Å². The number of nitrogens with one attached hydrogen (secondary N) is 2. The van der Waals surface area contributed by atoms with Gasteiger partial charge in [0.2, 0.25) is 0 Å². The molecule has 0 aliphatic carbocycles. The van der Waals surface area contributed by atoms with E-state index in [-0.39, 0.29) is 11.8 Å². The molecule has 0 aromatic heterocycles. The Labute approximate surface area is 205 Å². The van der Waals surface area contributed by atoms with Gasteiger partial charge < -0.3 is 25.4 Å². The number of carbonyl (C=O) groups is 1. The van der Waals surface area contributed by atoms with Gasteiger partial charge in [-0.3, -0.25) is 0 Å². The highest BCUT2D eigenvalue weighted by Crippen LogP contribution is 2.27. The standard InChI is InChI=1S/C28H32FN3O3/c1-35-24-6-4-5-23(18-24)30-28(34)31-26-8-3-2-7-25(26)27(33)19-32-15-13-21(14-16-32)17-20-9-11-22(29)12-10-20/h2-12,18,21,27,33H,13-17,19H2,1H3,(H2,30,31,34). The summed E-state index contributed by atoms with van der Waals surface area (Å²) in [5.74, 6) is 1.01. The number of hydrogen-bond donors (Lipinski definition) is 3. The number of amides is 2. The molecule has 4 rings (SSSR count). The number of aliphatic hydroxyl groups is 1. The van der Waals surface area contributed by atoms with Crippen molar-refractivity contribution in [3.05, 3.63) is 89.7 Å². The van der Waals surface area contributed by atoms with E-state index in [9.17, 15) is 14.3 Å². The third kappa shape index (κ3) is 7.04. The zero-order valence-electron chi connectivity index (χ0n) is 19.9. The van der Waals surface area contributed by atoms with Crippen LogP contribution in [-0.4, -0.2) is 42.8 Å². The quantitative estimate of drug-likeness (QED) is 0.402. The van der Waals surface area contributed by atoms with E-state index in [0.717, 1.165) is 37.9 Å². The van der Waals surface area contributed by atoms with E-state index in [2.05, 4.69) is 15.5 Å². The SMILES string of the molecule is COc1cccc(NC(=O)Nc2ccccc2C(O)CN2CCC(Cc3ccc(F)cc3)CC2)c1. The summed E-state index contributed by atoms with van der Waals surface area (Å²) in [6, 6.07) is 20.8. The van der Waals surface area contributed by atoms with Gasteiger partial charge in [-0.05, 0) is 74.2 Å². The number of ether oxygens (including phenoxy) is 1. The molecule has 2 amide bonds. The summed E-state index contributed by atoms with van der Waals surface area (Å²) in [5, 5.41) is 16.6. The van der Waals surface area contributed by atoms with Crippen molar-refractivity contribution in [1.29, 1.82) is 0 Å². The Hall–Kier alpha value is -3.42. The second kappa shape index (κ2) is 11.8. The maximum atomic E-state index is 13.1. The molecule has 3 aromatic carbocycles. The van der Waals surface area contributed by atoms with Crippen molar-refractivity contribution in [3.63, 3.8) is 0 Å². The van der Waals surface area contributed by atoms with Crippen LogP contribution >= 0.6 is 0 Å². The van der Waals surface area contributed by atoms with Gasteiger partial charge in [0.25, 0.3) is 0 Å². The maximum absolute atomic E-state index is 13.1. The highest BCUT2D eigenvalue weighted by Gasteiger charge is 2.23. The summed E-state index contributed by atoms with van der Waals surface area (Å²) in [5.41, 5.74) is 3.04. The summed E-state index contributed by atoms with van der Waals surface area (Å²) >= 11 is 0. The minimum Gasteiger partial charge on any atom is -0.497 e. The number of anilines is 2. The maximum Gasteiger partial charge on any atom is 0.323 e. The number of rotatable bonds is 8. The third-order valence-electron chi connectivity index (χ3n) is 6.47. The Morgan fingerprint density at radius 2 is 1.80 bits per heavy atom. The molecule has 1 aliphatic heterocycles. The summed E-state index contributed by atoms with van der Waals surface area (Å²) in [4.78, 5) is 14.8. The molecule has 7 heteroatoms. The number of hydrogen-bond acceptors (Lipinski definition) is 4. The average Bonchev–Trinajstić information content (AvgIpc) is 2.87. The van der Waals surface area contributed by atoms with E-state index < -0.39 is 6.10 Å². The predicted molar refractivity (Wildman–Crippen MR) is 136 cm³/mol. The lowest BCUT2D eigenvalue weighted by molar-refractivity contribution is 0.0897. The number of likely N-dealkylation sites (tertiary alicyclic amines) is 1. The highest BCUT2D eigenvalue weighted by atomic mass is 19.1. The summed E-state index contributed by atoms with van der Waals surface area (Å²) in [6.45, 7) is 2.29. The topological polar surface area (TPSA) is 73.8 Å². The van der Waals surface area contributed by atoms with Gasteiger partial charge in [-0.2, -0.15) is 0 Å². The van der Waals surface area contributed by atoms with Crippen molar-refractivity contribution >= 4 is 17.4 Å². The van der Waals surface area contributed by atoms with Crippen LogP contribution in [0.2, 0.25) is 0 Å². The Morgan fingerprint density at radius 3 is 2.54 bits per heavy atom. The number of aliphatic hydroxyl groups excluding tert-OH is 1. The number of benzene rings is 3. The number of β-amino-alcohol motifs (C(OH)–C–C–N with tert-alkyl or cyclic N) is 1. The van der Waals surface area contributed by atoms with Gasteiger partial charge >= 0.3 is 6.03 Å². The van der Waals surface area contributed by atoms with Crippen molar-refractivity contribution in [2.75, 3.05) is 37.4 Å². The molecule has 0 saturated carbocycles. The Morgan fingerprint density at radius 1 is 1.06 bits per heavy atom. The first-order valence-electron chi connectivity index (χ1n) is 12.0. The van der Waals surface area contributed by atoms with E-state index in [1.807, 2.05) is 30.3 Å². The number of para-hydroxylation sites is 1. The Kier molecular flexibility index (Phi) is 8.34. The lowest BCUT2D eigenvalue weighted by Gasteiger charge is -2.33. The summed E-state index contributed by atoms with van der Waals surface area (Å²) < 4.78 is 18.3. The molecule has 3 aromatic rings. The molecule has 184 valence electrons. The van der Waals surface area contributed by atoms with Crippen molar-refractivity contribution < 1.29 is 19.0 Å². The third-order valence-corrected chi connectivity index (χ3v) is 6.47. The van der Waals surface area contributed by atoms with Crippen LogP contribution < -0.4 is 15.4 Å². The van der Waals surface area contributed by atoms with Gasteiger partial charge in [0, 0.05) is 29.5 Å². The molecule has 1 aliphatic rings. The van der Waals surface area contributed by atoms with Crippen LogP contribution in [0.15, 0.2) is 72.8 Å². The minimum absolute atomic E-state index is 0.204. The molecular formula is C28H32FN3O3. The largest absolute Gasteiger partial charge is 0.497 e. The number of piperidine rings is 1. The van der Waals surface area contributed by atoms with Crippen LogP contribution in [-0.2, 0) is 6.42 Å². The van der Waals surface area contributed by atoms with Gasteiger partial charge in [0.1, 0.15) is 11.6 Å². The molecule has 0 bridgehead atoms. The number of halogens is 1. The van der Waals surface area contributed by atoms with Gasteiger partial charge in [-0.25, -0.2) is 9.18 Å². The lowest BCUT2D eigenvalue weighted by atomic mass is 9.90. The zero-order valence-corrected chi connectivity index (χ0v) is 19.9. The Bertz CT molecular complexity index is 1110. The monoisotopic (exact) mass is 477 g/mol. The van der Waals surface area contributed by atoms with Crippen molar-refractivity contribution in [2.45, 2.75) is 25.4 Å². The molecular weight excluding hydrogens is 445 g/mol. The van der Waals surface area contributed by atoms with E-state index >= 15 is 0 Å². The normalized spacial score (nSPS) is 15.4. The molecule has 1 heterocycles. The van der Waals surface area contributed by atoms with Gasteiger partial charge in [0.15, 0.2) is 0 Å². The van der Waals surface area contributed by atoms with E-state index in [1.165, 1.54) is 12.1 Å². The smallest absolute Gasteiger partial charge is 0.323 e. The van der Waals surface area contributed by atoms with Gasteiger partial charge in [0.05, 0.1) is 13.2 Å². The van der Waals surface area contributed by atoms with Gasteiger partial charge in [-0.1, -0.05) is 36.4 Å². The molecule has 3 N–H and O–H groups in total. The van der Waals surface area contributed by atoms with E-state index in [1.54, 1.807) is 37.4 Å². The van der Waals surface area contributed by atoms with Crippen LogP contribution in [0.1, 0.15) is 30.1 Å². The average molecular weight is 478 g/mol. The highest BCUT2D eigenvalue weighted by molar-refractivity contribution is 6.00. The van der Waals surface area contributed by atoms with Crippen molar-refractivity contribution in [1.82, 2.24) is 4.90 Å². The lowest BCUT2D eigenvalue weighted by Crippen LogP contribution is -2.37. The fraction of sp³-hybridized carbons (Fsp3) is 0.321. The first-order chi connectivity index (χ1) is 17.0. The van der Waals surface area contributed by atoms with Crippen molar-refractivity contribution in [3.8, 4) is 5.75 Å². The molecule has 35 heavy (non-hydrogen) atoms. The van der Waals surface area contributed by atoms with Gasteiger partial charge in [-0.15, -0.1) is 0 Å². The fourth-order valence-corrected chi connectivity index (χ4v) is 4.56. The molecule has 0 radical (unpaired) electrons. The molecule has 6 nitrogen and oxygen atoms in total. The molecule has 1 fully saturated rings. The first kappa shape index (κ1) is 24.7. The van der Waals surface area contributed by atoms with E-state index in [0.29, 0.717) is 35.2 Å². The van der Waals surface area contributed by atoms with Crippen LogP contribution in [0.5, 0.6) is 5.75 Å². The second-order valence-electron chi connectivity index (χ2n) is 8.99. The minimum atomic E-state index is -0.725. The predicted octanol–water partition coefficient (Wildman–Crippen LogP) is 5.47. The molecule has 1 unspecified atom stereocenters. The van der Waals surface area contributed by atoms with Crippen LogP contribution in [0.4, 0.5) is 20.6 Å². The molecule has 1 saturated heterocycles. The molecule has 1 atom stereocenters. The van der Waals surface area contributed by atoms with Crippen molar-refractivity contribution in [2.24, 2.45) is 5.92 Å². The summed E-state index contributed by atoms with van der Waals surface area (Å²) in [6.07, 6.45) is 2.29. The Balaban J connectivity index is 1.30. The number of urea groups is 1. The zero-order chi connectivity index (χ0) is 24.6. The number of nitrogens with zero attached hydrogens (tertiary/aromatic N) is 1.